The largest absolute Gasteiger partial charge is 0.338 e. The first-order valence-corrected chi connectivity index (χ1v) is 5.97. The van der Waals surface area contributed by atoms with E-state index in [1.807, 2.05) is 12.4 Å². The van der Waals surface area contributed by atoms with Gasteiger partial charge in [-0.15, -0.1) is 0 Å². The van der Waals surface area contributed by atoms with Crippen molar-refractivity contribution in [2.24, 2.45) is 7.05 Å². The molecule has 16 heavy (non-hydrogen) atoms. The van der Waals surface area contributed by atoms with Crippen LogP contribution in [0.25, 0.3) is 0 Å². The maximum absolute atomic E-state index is 4.37. The molecule has 0 aliphatic heterocycles. The molecule has 1 rings (SSSR count). The summed E-state index contributed by atoms with van der Waals surface area (Å²) in [4.78, 5) is 6.60. The van der Waals surface area contributed by atoms with Gasteiger partial charge in [-0.1, -0.05) is 6.92 Å². The summed E-state index contributed by atoms with van der Waals surface area (Å²) in [6, 6.07) is 0.522. The lowest BCUT2D eigenvalue weighted by molar-refractivity contribution is 0.355. The normalized spacial score (nSPS) is 13.3. The van der Waals surface area contributed by atoms with E-state index in [-0.39, 0.29) is 0 Å². The molecule has 0 fully saturated rings. The first-order valence-electron chi connectivity index (χ1n) is 5.97. The average molecular weight is 224 g/mol. The van der Waals surface area contributed by atoms with Crippen molar-refractivity contribution >= 4 is 0 Å². The molecule has 0 saturated heterocycles. The first kappa shape index (κ1) is 13.2. The van der Waals surface area contributed by atoms with Crippen LogP contribution in [0, 0.1) is 0 Å². The molecule has 0 aliphatic carbocycles. The standard InChI is InChI=1S/C12H24N4/c1-5-13-11(6-8-15(2)3)10-12-14-7-9-16(12)4/h7,9,11,13H,5-6,8,10H2,1-4H3. The van der Waals surface area contributed by atoms with Crippen molar-refractivity contribution in [3.8, 4) is 0 Å². The summed E-state index contributed by atoms with van der Waals surface area (Å²) in [6.45, 7) is 4.28. The second-order valence-electron chi connectivity index (χ2n) is 4.51. The van der Waals surface area contributed by atoms with Crippen LogP contribution in [0.3, 0.4) is 0 Å². The molecular formula is C12H24N4. The van der Waals surface area contributed by atoms with Crippen LogP contribution in [0.2, 0.25) is 0 Å². The van der Waals surface area contributed by atoms with E-state index in [1.165, 1.54) is 0 Å². The van der Waals surface area contributed by atoms with Gasteiger partial charge in [0, 0.05) is 31.9 Å². The molecule has 0 bridgehead atoms. The van der Waals surface area contributed by atoms with Gasteiger partial charge in [0.1, 0.15) is 5.82 Å². The smallest absolute Gasteiger partial charge is 0.109 e. The molecule has 0 radical (unpaired) electrons. The Balaban J connectivity index is 2.47. The number of imidazole rings is 1. The maximum atomic E-state index is 4.37. The fourth-order valence-corrected chi connectivity index (χ4v) is 1.79. The summed E-state index contributed by atoms with van der Waals surface area (Å²) in [6.07, 6.45) is 6.04. The SMILES string of the molecule is CCNC(CCN(C)C)Cc1nccn1C. The van der Waals surface area contributed by atoms with E-state index < -0.39 is 0 Å². The number of hydrogen-bond acceptors (Lipinski definition) is 3. The molecule has 0 spiro atoms. The van der Waals surface area contributed by atoms with E-state index in [9.17, 15) is 0 Å². The van der Waals surface area contributed by atoms with Gasteiger partial charge in [-0.25, -0.2) is 4.98 Å². The van der Waals surface area contributed by atoms with Gasteiger partial charge in [0.25, 0.3) is 0 Å². The lowest BCUT2D eigenvalue weighted by atomic mass is 10.1. The second-order valence-corrected chi connectivity index (χ2v) is 4.51. The van der Waals surface area contributed by atoms with E-state index in [2.05, 4.69) is 47.8 Å². The molecule has 1 unspecified atom stereocenters. The Hall–Kier alpha value is -0.870. The summed E-state index contributed by atoms with van der Waals surface area (Å²) in [5.41, 5.74) is 0. The Labute approximate surface area is 98.7 Å². The molecular weight excluding hydrogens is 200 g/mol. The third-order valence-corrected chi connectivity index (χ3v) is 2.77. The lowest BCUT2D eigenvalue weighted by Crippen LogP contribution is -2.34. The predicted octanol–water partition coefficient (Wildman–Crippen LogP) is 0.892. The van der Waals surface area contributed by atoms with Crippen molar-refractivity contribution < 1.29 is 0 Å². The average Bonchev–Trinajstić information content (AvgIpc) is 2.61. The van der Waals surface area contributed by atoms with Gasteiger partial charge in [0.15, 0.2) is 0 Å². The predicted molar refractivity (Wildman–Crippen MR) is 67.5 cm³/mol. The van der Waals surface area contributed by atoms with Crippen molar-refractivity contribution in [2.45, 2.75) is 25.8 Å². The van der Waals surface area contributed by atoms with Crippen molar-refractivity contribution in [2.75, 3.05) is 27.2 Å². The molecule has 1 heterocycles. The van der Waals surface area contributed by atoms with Crippen LogP contribution in [-0.2, 0) is 13.5 Å². The van der Waals surface area contributed by atoms with Gasteiger partial charge in [0.2, 0.25) is 0 Å². The summed E-state index contributed by atoms with van der Waals surface area (Å²) in [5.74, 6) is 1.16. The van der Waals surface area contributed by atoms with Crippen LogP contribution in [0.5, 0.6) is 0 Å². The Kier molecular flexibility index (Phi) is 5.49. The summed E-state index contributed by atoms with van der Waals surface area (Å²) in [7, 11) is 6.28. The molecule has 1 aromatic heterocycles. The zero-order valence-electron chi connectivity index (χ0n) is 10.9. The summed E-state index contributed by atoms with van der Waals surface area (Å²) in [5, 5.41) is 3.52. The van der Waals surface area contributed by atoms with Crippen molar-refractivity contribution in [3.05, 3.63) is 18.2 Å². The first-order chi connectivity index (χ1) is 7.63. The van der Waals surface area contributed by atoms with Crippen LogP contribution in [0.4, 0.5) is 0 Å². The number of rotatable bonds is 7. The summed E-state index contributed by atoms with van der Waals surface area (Å²) < 4.78 is 2.10. The Morgan fingerprint density at radius 2 is 2.25 bits per heavy atom. The van der Waals surface area contributed by atoms with E-state index in [0.717, 1.165) is 31.8 Å². The zero-order valence-corrected chi connectivity index (χ0v) is 10.9. The highest BCUT2D eigenvalue weighted by molar-refractivity contribution is 4.94. The number of nitrogens with one attached hydrogen (secondary N) is 1. The van der Waals surface area contributed by atoms with Crippen molar-refractivity contribution in [3.63, 3.8) is 0 Å². The molecule has 1 atom stereocenters. The Bertz CT molecular complexity index is 293. The minimum absolute atomic E-state index is 0.522. The maximum Gasteiger partial charge on any atom is 0.109 e. The molecule has 92 valence electrons. The number of hydrogen-bond donors (Lipinski definition) is 1. The highest BCUT2D eigenvalue weighted by atomic mass is 15.1. The van der Waals surface area contributed by atoms with Gasteiger partial charge in [-0.05, 0) is 33.6 Å². The number of aromatic nitrogens is 2. The monoisotopic (exact) mass is 224 g/mol. The topological polar surface area (TPSA) is 33.1 Å². The molecule has 0 amide bonds. The molecule has 1 aromatic rings. The van der Waals surface area contributed by atoms with Gasteiger partial charge in [-0.2, -0.15) is 0 Å². The number of likely N-dealkylation sites (N-methyl/N-ethyl adjacent to an activating group) is 1. The summed E-state index contributed by atoms with van der Waals surface area (Å²) >= 11 is 0. The van der Waals surface area contributed by atoms with E-state index in [1.54, 1.807) is 0 Å². The molecule has 0 aromatic carbocycles. The molecule has 1 N–H and O–H groups in total. The van der Waals surface area contributed by atoms with Crippen LogP contribution in [0.1, 0.15) is 19.2 Å². The highest BCUT2D eigenvalue weighted by Crippen LogP contribution is 2.03. The molecule has 4 nitrogen and oxygen atoms in total. The Morgan fingerprint density at radius 3 is 2.75 bits per heavy atom. The fraction of sp³-hybridized carbons (Fsp3) is 0.750. The van der Waals surface area contributed by atoms with Crippen molar-refractivity contribution in [1.29, 1.82) is 0 Å². The Morgan fingerprint density at radius 1 is 1.50 bits per heavy atom. The minimum Gasteiger partial charge on any atom is -0.338 e. The van der Waals surface area contributed by atoms with Gasteiger partial charge >= 0.3 is 0 Å². The van der Waals surface area contributed by atoms with E-state index in [0.29, 0.717) is 6.04 Å². The van der Waals surface area contributed by atoms with E-state index in [4.69, 9.17) is 0 Å². The molecule has 4 heteroatoms. The van der Waals surface area contributed by atoms with Gasteiger partial charge in [-0.3, -0.25) is 0 Å². The fourth-order valence-electron chi connectivity index (χ4n) is 1.79. The van der Waals surface area contributed by atoms with Gasteiger partial charge < -0.3 is 14.8 Å². The van der Waals surface area contributed by atoms with Crippen LogP contribution < -0.4 is 5.32 Å². The number of nitrogens with zero attached hydrogens (tertiary/aromatic N) is 3. The zero-order chi connectivity index (χ0) is 12.0. The van der Waals surface area contributed by atoms with Crippen LogP contribution in [-0.4, -0.2) is 47.7 Å². The highest BCUT2D eigenvalue weighted by Gasteiger charge is 2.11. The van der Waals surface area contributed by atoms with Crippen LogP contribution in [0.15, 0.2) is 12.4 Å². The third-order valence-electron chi connectivity index (χ3n) is 2.77. The van der Waals surface area contributed by atoms with Gasteiger partial charge in [0.05, 0.1) is 0 Å². The van der Waals surface area contributed by atoms with Crippen molar-refractivity contribution in [1.82, 2.24) is 19.8 Å². The van der Waals surface area contributed by atoms with E-state index >= 15 is 0 Å². The number of aryl methyl sites for hydroxylation is 1. The molecule has 0 saturated carbocycles. The van der Waals surface area contributed by atoms with Crippen LogP contribution >= 0.6 is 0 Å². The quantitative estimate of drug-likeness (QED) is 0.747. The second kappa shape index (κ2) is 6.66. The molecule has 0 aliphatic rings. The minimum atomic E-state index is 0.522. The lowest BCUT2D eigenvalue weighted by Gasteiger charge is -2.19. The third kappa shape index (κ3) is 4.33.